The zero-order chi connectivity index (χ0) is 11.8. The third kappa shape index (κ3) is 1.86. The fourth-order valence-electron chi connectivity index (χ4n) is 2.28. The second-order valence-electron chi connectivity index (χ2n) is 4.73. The minimum Gasteiger partial charge on any atom is -0.399 e. The van der Waals surface area contributed by atoms with Crippen LogP contribution in [0.4, 0.5) is 5.69 Å². The number of anilines is 1. The Labute approximate surface area is 100 Å². The number of carbonyl (C=O) groups excluding carboxylic acids is 1. The molecule has 0 unspecified atom stereocenters. The van der Waals surface area contributed by atoms with Gasteiger partial charge in [0, 0.05) is 31.0 Å². The molecule has 0 saturated carbocycles. The number of nitrogens with two attached hydrogens (primary N) is 1. The zero-order valence-corrected chi connectivity index (χ0v) is 9.67. The van der Waals surface area contributed by atoms with E-state index in [0.29, 0.717) is 17.4 Å². The van der Waals surface area contributed by atoms with Crippen molar-refractivity contribution in [1.82, 2.24) is 14.8 Å². The maximum absolute atomic E-state index is 12.0. The van der Waals surface area contributed by atoms with Gasteiger partial charge in [0.25, 0.3) is 5.91 Å². The molecule has 1 aromatic rings. The van der Waals surface area contributed by atoms with Crippen LogP contribution in [-0.2, 0) is 0 Å². The normalized spacial score (nSPS) is 20.8. The van der Waals surface area contributed by atoms with Crippen molar-refractivity contribution in [3.8, 4) is 0 Å². The molecule has 5 heteroatoms. The average molecular weight is 232 g/mol. The van der Waals surface area contributed by atoms with Crippen molar-refractivity contribution < 1.29 is 4.79 Å². The molecule has 90 valence electrons. The molecule has 2 fully saturated rings. The van der Waals surface area contributed by atoms with E-state index in [1.54, 1.807) is 18.3 Å². The quantitative estimate of drug-likeness (QED) is 0.791. The largest absolute Gasteiger partial charge is 0.399 e. The molecule has 1 aromatic heterocycles. The van der Waals surface area contributed by atoms with E-state index in [1.807, 2.05) is 4.90 Å². The van der Waals surface area contributed by atoms with E-state index in [-0.39, 0.29) is 5.91 Å². The highest BCUT2D eigenvalue weighted by Gasteiger charge is 2.37. The molecule has 0 spiro atoms. The number of aromatic nitrogens is 1. The number of nitrogens with zero attached hydrogens (tertiary/aromatic N) is 3. The van der Waals surface area contributed by atoms with Crippen LogP contribution in [0, 0.1) is 0 Å². The summed E-state index contributed by atoms with van der Waals surface area (Å²) in [6.07, 6.45) is 2.87. The van der Waals surface area contributed by atoms with Gasteiger partial charge in [0.15, 0.2) is 0 Å². The topological polar surface area (TPSA) is 62.5 Å². The smallest absolute Gasteiger partial charge is 0.272 e. The van der Waals surface area contributed by atoms with Crippen molar-refractivity contribution in [3.63, 3.8) is 0 Å². The molecule has 3 heterocycles. The van der Waals surface area contributed by atoms with Crippen LogP contribution in [0.2, 0.25) is 0 Å². The number of amides is 1. The van der Waals surface area contributed by atoms with Gasteiger partial charge in [-0.05, 0) is 31.6 Å². The molecule has 2 N–H and O–H groups in total. The van der Waals surface area contributed by atoms with Gasteiger partial charge in [0.05, 0.1) is 0 Å². The first-order valence-corrected chi connectivity index (χ1v) is 5.99. The molecule has 0 radical (unpaired) electrons. The van der Waals surface area contributed by atoms with Crippen LogP contribution in [0.3, 0.4) is 0 Å². The number of carbonyl (C=O) groups is 1. The van der Waals surface area contributed by atoms with Crippen LogP contribution in [0.15, 0.2) is 18.3 Å². The Bertz CT molecular complexity index is 438. The summed E-state index contributed by atoms with van der Waals surface area (Å²) in [5, 5.41) is 0. The SMILES string of the molecule is Nc1ccnc(C(=O)N2CC(N3CCC3)C2)c1. The van der Waals surface area contributed by atoms with E-state index in [4.69, 9.17) is 5.73 Å². The third-order valence-corrected chi connectivity index (χ3v) is 3.56. The number of pyridine rings is 1. The lowest BCUT2D eigenvalue weighted by Crippen LogP contribution is -2.64. The molecule has 0 bridgehead atoms. The van der Waals surface area contributed by atoms with Crippen LogP contribution in [0.1, 0.15) is 16.9 Å². The van der Waals surface area contributed by atoms with Gasteiger partial charge < -0.3 is 10.6 Å². The fourth-order valence-corrected chi connectivity index (χ4v) is 2.28. The lowest BCUT2D eigenvalue weighted by molar-refractivity contribution is 0.00382. The number of nitrogen functional groups attached to an aromatic ring is 1. The number of likely N-dealkylation sites (tertiary alicyclic amines) is 2. The first kappa shape index (κ1) is 10.5. The van der Waals surface area contributed by atoms with Crippen LogP contribution >= 0.6 is 0 Å². The Hall–Kier alpha value is -1.62. The van der Waals surface area contributed by atoms with Crippen molar-refractivity contribution in [1.29, 1.82) is 0 Å². The van der Waals surface area contributed by atoms with Crippen molar-refractivity contribution in [2.45, 2.75) is 12.5 Å². The molecule has 3 rings (SSSR count). The summed E-state index contributed by atoms with van der Waals surface area (Å²) in [6.45, 7) is 4.02. The molecule has 2 aliphatic rings. The second kappa shape index (κ2) is 4.00. The first-order chi connectivity index (χ1) is 8.24. The molecular weight excluding hydrogens is 216 g/mol. The van der Waals surface area contributed by atoms with Gasteiger partial charge in [-0.3, -0.25) is 14.7 Å². The third-order valence-electron chi connectivity index (χ3n) is 3.56. The van der Waals surface area contributed by atoms with E-state index in [2.05, 4.69) is 9.88 Å². The van der Waals surface area contributed by atoms with Crippen molar-refractivity contribution in [2.24, 2.45) is 0 Å². The minimum atomic E-state index is -0.00549. The summed E-state index contributed by atoms with van der Waals surface area (Å²) in [4.78, 5) is 20.4. The Morgan fingerprint density at radius 1 is 1.41 bits per heavy atom. The monoisotopic (exact) mass is 232 g/mol. The van der Waals surface area contributed by atoms with E-state index in [0.717, 1.165) is 13.1 Å². The highest BCUT2D eigenvalue weighted by Crippen LogP contribution is 2.21. The summed E-state index contributed by atoms with van der Waals surface area (Å²) in [7, 11) is 0. The van der Waals surface area contributed by atoms with Crippen molar-refractivity contribution in [3.05, 3.63) is 24.0 Å². The first-order valence-electron chi connectivity index (χ1n) is 5.99. The zero-order valence-electron chi connectivity index (χ0n) is 9.67. The summed E-state index contributed by atoms with van der Waals surface area (Å²) in [5.41, 5.74) is 6.68. The maximum atomic E-state index is 12.0. The fraction of sp³-hybridized carbons (Fsp3) is 0.500. The van der Waals surface area contributed by atoms with Gasteiger partial charge in [0.2, 0.25) is 0 Å². The Balaban J connectivity index is 1.61. The predicted octanol–water partition coefficient (Wildman–Crippen LogP) is 0.194. The van der Waals surface area contributed by atoms with Crippen molar-refractivity contribution in [2.75, 3.05) is 31.9 Å². The maximum Gasteiger partial charge on any atom is 0.272 e. The molecule has 2 aliphatic heterocycles. The van der Waals surface area contributed by atoms with Gasteiger partial charge in [-0.25, -0.2) is 0 Å². The van der Waals surface area contributed by atoms with Gasteiger partial charge >= 0.3 is 0 Å². The van der Waals surface area contributed by atoms with E-state index in [9.17, 15) is 4.79 Å². The highest BCUT2D eigenvalue weighted by atomic mass is 16.2. The number of hydrogen-bond donors (Lipinski definition) is 1. The lowest BCUT2D eigenvalue weighted by Gasteiger charge is -2.48. The molecule has 1 amide bonds. The number of hydrogen-bond acceptors (Lipinski definition) is 4. The van der Waals surface area contributed by atoms with Crippen LogP contribution in [0.25, 0.3) is 0 Å². The lowest BCUT2D eigenvalue weighted by atomic mass is 10.0. The molecule has 0 aromatic carbocycles. The average Bonchev–Trinajstić information content (AvgIpc) is 2.19. The van der Waals surface area contributed by atoms with Crippen molar-refractivity contribution >= 4 is 11.6 Å². The molecule has 5 nitrogen and oxygen atoms in total. The van der Waals surface area contributed by atoms with E-state index >= 15 is 0 Å². The van der Waals surface area contributed by atoms with E-state index < -0.39 is 0 Å². The second-order valence-corrected chi connectivity index (χ2v) is 4.73. The standard InChI is InChI=1S/C12H16N4O/c13-9-2-3-14-11(6-9)12(17)16-7-10(8-16)15-4-1-5-15/h2-3,6,10H,1,4-5,7-8H2,(H2,13,14). The number of rotatable bonds is 2. The molecule has 0 aliphatic carbocycles. The summed E-state index contributed by atoms with van der Waals surface area (Å²) < 4.78 is 0. The minimum absolute atomic E-state index is 0.00549. The van der Waals surface area contributed by atoms with Crippen LogP contribution < -0.4 is 5.73 Å². The summed E-state index contributed by atoms with van der Waals surface area (Å²) >= 11 is 0. The molecule has 17 heavy (non-hydrogen) atoms. The molecule has 0 atom stereocenters. The van der Waals surface area contributed by atoms with Gasteiger partial charge in [-0.1, -0.05) is 0 Å². The Morgan fingerprint density at radius 2 is 2.18 bits per heavy atom. The van der Waals surface area contributed by atoms with Crippen LogP contribution in [0.5, 0.6) is 0 Å². The Kier molecular flexibility index (Phi) is 2.48. The highest BCUT2D eigenvalue weighted by molar-refractivity contribution is 5.93. The summed E-state index contributed by atoms with van der Waals surface area (Å²) in [5.74, 6) is -0.00549. The van der Waals surface area contributed by atoms with Gasteiger partial charge in [0.1, 0.15) is 5.69 Å². The van der Waals surface area contributed by atoms with Gasteiger partial charge in [-0.2, -0.15) is 0 Å². The molecular formula is C12H16N4O. The van der Waals surface area contributed by atoms with Gasteiger partial charge in [-0.15, -0.1) is 0 Å². The predicted molar refractivity (Wildman–Crippen MR) is 64.5 cm³/mol. The Morgan fingerprint density at radius 3 is 2.76 bits per heavy atom. The van der Waals surface area contributed by atoms with Crippen LogP contribution in [-0.4, -0.2) is 52.9 Å². The van der Waals surface area contributed by atoms with E-state index in [1.165, 1.54) is 19.5 Å². The summed E-state index contributed by atoms with van der Waals surface area (Å²) in [6, 6.07) is 3.89. The molecule has 2 saturated heterocycles.